The van der Waals surface area contributed by atoms with Gasteiger partial charge in [0.15, 0.2) is 0 Å². The van der Waals surface area contributed by atoms with Crippen molar-refractivity contribution in [1.82, 2.24) is 0 Å². The van der Waals surface area contributed by atoms with E-state index in [1.54, 1.807) is 48.5 Å². The Morgan fingerprint density at radius 2 is 1.41 bits per heavy atom. The van der Waals surface area contributed by atoms with E-state index in [0.717, 1.165) is 11.1 Å². The average molecular weight is 373 g/mol. The molecule has 4 nitrogen and oxygen atoms in total. The maximum Gasteiger partial charge on any atom is 0.306 e. The van der Waals surface area contributed by atoms with Gasteiger partial charge >= 0.3 is 7.37 Å². The van der Waals surface area contributed by atoms with E-state index in [0.29, 0.717) is 21.8 Å². The SMILES string of the molecule is O=P1(c2cc(O)c3ccccc3c2[O-])Oc2ccccc2-c2ccccc21. The van der Waals surface area contributed by atoms with Crippen LogP contribution in [0.25, 0.3) is 21.9 Å². The summed E-state index contributed by atoms with van der Waals surface area (Å²) in [6.45, 7) is 0. The number of fused-ring (bicyclic) bond motifs is 4. The standard InChI is InChI=1S/C22H15O4P/c23-18-13-21(22(24)17-10-2-1-7-14(17)18)27(25)20-12-6-4-9-16(20)15-8-3-5-11-19(15)26-27/h1-13,23-24H/p-1. The molecule has 5 heteroatoms. The summed E-state index contributed by atoms with van der Waals surface area (Å²) in [5.41, 5.74) is 1.60. The lowest BCUT2D eigenvalue weighted by atomic mass is 10.0. The summed E-state index contributed by atoms with van der Waals surface area (Å²) in [5.74, 6) is -0.0112. The zero-order valence-electron chi connectivity index (χ0n) is 14.1. The van der Waals surface area contributed by atoms with Gasteiger partial charge in [0.2, 0.25) is 0 Å². The maximum absolute atomic E-state index is 14.1. The van der Waals surface area contributed by atoms with Crippen molar-refractivity contribution in [3.8, 4) is 28.4 Å². The smallest absolute Gasteiger partial charge is 0.306 e. The third-order valence-corrected chi connectivity index (χ3v) is 7.34. The molecule has 1 atom stereocenters. The van der Waals surface area contributed by atoms with E-state index >= 15 is 0 Å². The van der Waals surface area contributed by atoms with Gasteiger partial charge in [-0.3, -0.25) is 4.57 Å². The molecule has 4 aromatic carbocycles. The Hall–Kier alpha value is -3.23. The van der Waals surface area contributed by atoms with Crippen LogP contribution < -0.4 is 20.2 Å². The Morgan fingerprint density at radius 3 is 2.22 bits per heavy atom. The molecule has 0 bridgehead atoms. The first-order chi connectivity index (χ1) is 13.1. The quantitative estimate of drug-likeness (QED) is 0.514. The Bertz CT molecular complexity index is 1260. The van der Waals surface area contributed by atoms with Crippen molar-refractivity contribution in [3.05, 3.63) is 78.9 Å². The molecule has 0 saturated carbocycles. The van der Waals surface area contributed by atoms with Gasteiger partial charge in [-0.2, -0.15) is 0 Å². The first kappa shape index (κ1) is 16.0. The van der Waals surface area contributed by atoms with Crippen LogP contribution in [0.5, 0.6) is 17.2 Å². The van der Waals surface area contributed by atoms with Crippen LogP contribution in [-0.4, -0.2) is 5.11 Å². The molecule has 1 N–H and O–H groups in total. The fourth-order valence-corrected chi connectivity index (χ4v) is 5.99. The first-order valence-electron chi connectivity index (χ1n) is 8.50. The van der Waals surface area contributed by atoms with Gasteiger partial charge in [0.25, 0.3) is 0 Å². The fraction of sp³-hybridized carbons (Fsp3) is 0. The van der Waals surface area contributed by atoms with E-state index in [2.05, 4.69) is 0 Å². The first-order valence-corrected chi connectivity index (χ1v) is 10.1. The third kappa shape index (κ3) is 2.20. The fourth-order valence-electron chi connectivity index (χ4n) is 3.63. The number of phenolic OH excluding ortho intramolecular Hbond substituents is 1. The highest BCUT2D eigenvalue weighted by atomic mass is 31.2. The van der Waals surface area contributed by atoms with Crippen molar-refractivity contribution < 1.29 is 19.3 Å². The Labute approximate surface area is 155 Å². The van der Waals surface area contributed by atoms with Crippen LogP contribution in [0.1, 0.15) is 0 Å². The van der Waals surface area contributed by atoms with E-state index in [4.69, 9.17) is 4.52 Å². The van der Waals surface area contributed by atoms with Gasteiger partial charge in [-0.05, 0) is 29.1 Å². The van der Waals surface area contributed by atoms with Crippen LogP contribution in [0.2, 0.25) is 0 Å². The maximum atomic E-state index is 14.1. The highest BCUT2D eigenvalue weighted by Gasteiger charge is 2.38. The van der Waals surface area contributed by atoms with Crippen LogP contribution >= 0.6 is 7.37 Å². The Kier molecular flexibility index (Phi) is 3.33. The van der Waals surface area contributed by atoms with Crippen molar-refractivity contribution in [2.45, 2.75) is 0 Å². The lowest BCUT2D eigenvalue weighted by Gasteiger charge is -2.31. The Morgan fingerprint density at radius 1 is 0.778 bits per heavy atom. The number of para-hydroxylation sites is 1. The molecule has 0 amide bonds. The summed E-state index contributed by atoms with van der Waals surface area (Å²) in [4.78, 5) is 0. The summed E-state index contributed by atoms with van der Waals surface area (Å²) < 4.78 is 20.1. The summed E-state index contributed by atoms with van der Waals surface area (Å²) in [5, 5.41) is 24.8. The number of rotatable bonds is 1. The molecule has 1 heterocycles. The topological polar surface area (TPSA) is 69.6 Å². The summed E-state index contributed by atoms with van der Waals surface area (Å²) in [6, 6.07) is 22.6. The molecule has 0 saturated heterocycles. The molecule has 27 heavy (non-hydrogen) atoms. The molecular formula is C22H14O4P-. The molecule has 5 rings (SSSR count). The summed E-state index contributed by atoms with van der Waals surface area (Å²) in [6.07, 6.45) is 0. The molecule has 1 unspecified atom stereocenters. The van der Waals surface area contributed by atoms with Crippen LogP contribution in [0.3, 0.4) is 0 Å². The van der Waals surface area contributed by atoms with E-state index in [1.165, 1.54) is 6.07 Å². The molecular weight excluding hydrogens is 359 g/mol. The van der Waals surface area contributed by atoms with Gasteiger partial charge in [0, 0.05) is 16.3 Å². The zero-order valence-corrected chi connectivity index (χ0v) is 15.0. The van der Waals surface area contributed by atoms with Crippen molar-refractivity contribution in [2.24, 2.45) is 0 Å². The van der Waals surface area contributed by atoms with E-state index < -0.39 is 7.37 Å². The molecule has 0 aromatic heterocycles. The van der Waals surface area contributed by atoms with Crippen LogP contribution in [-0.2, 0) is 4.57 Å². The van der Waals surface area contributed by atoms with Crippen LogP contribution in [0.4, 0.5) is 0 Å². The van der Waals surface area contributed by atoms with Gasteiger partial charge in [-0.15, -0.1) is 0 Å². The molecule has 1 aliphatic rings. The number of benzene rings is 4. The molecule has 0 radical (unpaired) electrons. The molecule has 0 aliphatic carbocycles. The van der Waals surface area contributed by atoms with E-state index in [9.17, 15) is 14.8 Å². The van der Waals surface area contributed by atoms with Gasteiger partial charge in [-0.1, -0.05) is 66.4 Å². The van der Waals surface area contributed by atoms with Crippen LogP contribution in [0, 0.1) is 0 Å². The van der Waals surface area contributed by atoms with Crippen molar-refractivity contribution in [2.75, 3.05) is 0 Å². The molecule has 1 aliphatic heterocycles. The number of hydrogen-bond acceptors (Lipinski definition) is 4. The molecule has 132 valence electrons. The van der Waals surface area contributed by atoms with Crippen molar-refractivity contribution >= 4 is 28.8 Å². The van der Waals surface area contributed by atoms with Crippen molar-refractivity contribution in [3.63, 3.8) is 0 Å². The highest BCUT2D eigenvalue weighted by Crippen LogP contribution is 2.55. The average Bonchev–Trinajstić information content (AvgIpc) is 2.71. The predicted molar refractivity (Wildman–Crippen MR) is 104 cm³/mol. The number of aromatic hydroxyl groups is 1. The third-order valence-electron chi connectivity index (χ3n) is 4.90. The molecule has 0 spiro atoms. The predicted octanol–water partition coefficient (Wildman–Crippen LogP) is 3.91. The second kappa shape index (κ2) is 5.63. The minimum Gasteiger partial charge on any atom is -0.871 e. The summed E-state index contributed by atoms with van der Waals surface area (Å²) in [7, 11) is -3.73. The largest absolute Gasteiger partial charge is 0.871 e. The van der Waals surface area contributed by atoms with Gasteiger partial charge in [0.1, 0.15) is 11.5 Å². The van der Waals surface area contributed by atoms with Crippen LogP contribution in [0.15, 0.2) is 78.9 Å². The van der Waals surface area contributed by atoms with Gasteiger partial charge in [-0.25, -0.2) is 0 Å². The minimum atomic E-state index is -3.73. The van der Waals surface area contributed by atoms with Gasteiger partial charge in [0.05, 0.1) is 5.30 Å². The second-order valence-corrected chi connectivity index (χ2v) is 8.69. The monoisotopic (exact) mass is 373 g/mol. The highest BCUT2D eigenvalue weighted by molar-refractivity contribution is 7.75. The molecule has 4 aromatic rings. The second-order valence-electron chi connectivity index (χ2n) is 6.45. The van der Waals surface area contributed by atoms with E-state index in [1.807, 2.05) is 24.3 Å². The Balaban J connectivity index is 1.85. The number of hydrogen-bond donors (Lipinski definition) is 1. The lowest BCUT2D eigenvalue weighted by Crippen LogP contribution is -2.27. The van der Waals surface area contributed by atoms with E-state index in [-0.39, 0.29) is 16.8 Å². The number of phenols is 1. The lowest BCUT2D eigenvalue weighted by molar-refractivity contribution is -0.264. The normalized spacial score (nSPS) is 17.8. The van der Waals surface area contributed by atoms with Gasteiger partial charge < -0.3 is 14.7 Å². The van der Waals surface area contributed by atoms with Crippen molar-refractivity contribution in [1.29, 1.82) is 0 Å². The summed E-state index contributed by atoms with van der Waals surface area (Å²) >= 11 is 0. The zero-order chi connectivity index (χ0) is 18.6. The molecule has 0 fully saturated rings. The minimum absolute atomic E-state index is 0.0133.